The van der Waals surface area contributed by atoms with Crippen molar-refractivity contribution in [1.29, 1.82) is 0 Å². The Labute approximate surface area is 93.9 Å². The van der Waals surface area contributed by atoms with Crippen LogP contribution in [0.5, 0.6) is 0 Å². The first-order chi connectivity index (χ1) is 6.86. The summed E-state index contributed by atoms with van der Waals surface area (Å²) in [7, 11) is 4.18. The van der Waals surface area contributed by atoms with Gasteiger partial charge in [-0.1, -0.05) is 12.8 Å². The molecule has 1 aliphatic carbocycles. The molecule has 1 saturated carbocycles. The van der Waals surface area contributed by atoms with E-state index in [2.05, 4.69) is 38.2 Å². The summed E-state index contributed by atoms with van der Waals surface area (Å²) < 4.78 is 0. The van der Waals surface area contributed by atoms with Crippen LogP contribution in [0.25, 0.3) is 0 Å². The minimum atomic E-state index is -0.428. The highest BCUT2D eigenvalue weighted by atomic mass is 16.3. The standard InChI is InChI=1S/C12H26N2O/c1-11(2,14(3)4)9-13-10-12(15)7-5-6-8-12/h13,15H,5-10H2,1-4H3. The largest absolute Gasteiger partial charge is 0.389 e. The lowest BCUT2D eigenvalue weighted by molar-refractivity contribution is 0.0438. The number of likely N-dealkylation sites (N-methyl/N-ethyl adjacent to an activating group) is 1. The van der Waals surface area contributed by atoms with Crippen molar-refractivity contribution in [2.75, 3.05) is 27.2 Å². The van der Waals surface area contributed by atoms with E-state index in [1.807, 2.05) is 0 Å². The normalized spacial score (nSPS) is 21.2. The van der Waals surface area contributed by atoms with E-state index < -0.39 is 5.60 Å². The van der Waals surface area contributed by atoms with E-state index in [0.717, 1.165) is 25.9 Å². The predicted molar refractivity (Wildman–Crippen MR) is 64.1 cm³/mol. The van der Waals surface area contributed by atoms with E-state index in [1.54, 1.807) is 0 Å². The third-order valence-corrected chi connectivity index (χ3v) is 3.76. The first-order valence-corrected chi connectivity index (χ1v) is 5.96. The van der Waals surface area contributed by atoms with Gasteiger partial charge in [-0.3, -0.25) is 0 Å². The van der Waals surface area contributed by atoms with Crippen LogP contribution in [0.1, 0.15) is 39.5 Å². The summed E-state index contributed by atoms with van der Waals surface area (Å²) in [6, 6.07) is 0. The highest BCUT2D eigenvalue weighted by Gasteiger charge is 2.31. The molecule has 0 amide bonds. The van der Waals surface area contributed by atoms with Gasteiger partial charge in [0.1, 0.15) is 0 Å². The summed E-state index contributed by atoms with van der Waals surface area (Å²) in [5.74, 6) is 0. The Morgan fingerprint density at radius 3 is 2.27 bits per heavy atom. The average molecular weight is 214 g/mol. The molecule has 0 aromatic carbocycles. The molecule has 3 heteroatoms. The van der Waals surface area contributed by atoms with Crippen LogP contribution in [0.15, 0.2) is 0 Å². The SMILES string of the molecule is CN(C)C(C)(C)CNCC1(O)CCCC1. The van der Waals surface area contributed by atoms with Crippen LogP contribution in [0.2, 0.25) is 0 Å². The number of nitrogens with one attached hydrogen (secondary N) is 1. The van der Waals surface area contributed by atoms with Crippen molar-refractivity contribution in [2.45, 2.75) is 50.7 Å². The van der Waals surface area contributed by atoms with Gasteiger partial charge < -0.3 is 15.3 Å². The van der Waals surface area contributed by atoms with E-state index in [0.29, 0.717) is 0 Å². The van der Waals surface area contributed by atoms with Crippen molar-refractivity contribution >= 4 is 0 Å². The maximum absolute atomic E-state index is 10.2. The Hall–Kier alpha value is -0.120. The van der Waals surface area contributed by atoms with Crippen LogP contribution in [-0.2, 0) is 0 Å². The van der Waals surface area contributed by atoms with Crippen molar-refractivity contribution in [3.05, 3.63) is 0 Å². The van der Waals surface area contributed by atoms with Crippen molar-refractivity contribution < 1.29 is 5.11 Å². The number of nitrogens with zero attached hydrogens (tertiary/aromatic N) is 1. The van der Waals surface area contributed by atoms with Crippen molar-refractivity contribution in [3.63, 3.8) is 0 Å². The Balaban J connectivity index is 2.26. The monoisotopic (exact) mass is 214 g/mol. The Morgan fingerprint density at radius 1 is 1.27 bits per heavy atom. The summed E-state index contributed by atoms with van der Waals surface area (Å²) in [5, 5.41) is 13.5. The number of rotatable bonds is 5. The molecule has 0 heterocycles. The molecule has 0 aliphatic heterocycles. The van der Waals surface area contributed by atoms with Crippen molar-refractivity contribution in [3.8, 4) is 0 Å². The smallest absolute Gasteiger partial charge is 0.0771 e. The molecule has 1 fully saturated rings. The van der Waals surface area contributed by atoms with Gasteiger partial charge in [-0.2, -0.15) is 0 Å². The molecule has 2 N–H and O–H groups in total. The lowest BCUT2D eigenvalue weighted by Crippen LogP contribution is -2.50. The molecule has 0 unspecified atom stereocenters. The van der Waals surface area contributed by atoms with Crippen LogP contribution in [-0.4, -0.2) is 48.3 Å². The van der Waals surface area contributed by atoms with E-state index in [-0.39, 0.29) is 5.54 Å². The maximum atomic E-state index is 10.2. The second kappa shape index (κ2) is 4.81. The molecule has 1 aliphatic rings. The Morgan fingerprint density at radius 2 is 1.80 bits per heavy atom. The van der Waals surface area contributed by atoms with Gasteiger partial charge in [-0.25, -0.2) is 0 Å². The summed E-state index contributed by atoms with van der Waals surface area (Å²) in [4.78, 5) is 2.21. The van der Waals surface area contributed by atoms with E-state index in [4.69, 9.17) is 0 Å². The van der Waals surface area contributed by atoms with Gasteiger partial charge in [0.05, 0.1) is 5.60 Å². The summed E-state index contributed by atoms with van der Waals surface area (Å²) in [6.45, 7) is 6.07. The van der Waals surface area contributed by atoms with Crippen molar-refractivity contribution in [2.24, 2.45) is 0 Å². The first kappa shape index (κ1) is 12.9. The summed E-state index contributed by atoms with van der Waals surface area (Å²) in [5.41, 5.74) is -0.280. The zero-order valence-electron chi connectivity index (χ0n) is 10.6. The van der Waals surface area contributed by atoms with Gasteiger partial charge in [-0.05, 0) is 40.8 Å². The molecule has 15 heavy (non-hydrogen) atoms. The van der Waals surface area contributed by atoms with Gasteiger partial charge >= 0.3 is 0 Å². The molecular weight excluding hydrogens is 188 g/mol. The third kappa shape index (κ3) is 3.74. The molecule has 1 rings (SSSR count). The van der Waals surface area contributed by atoms with Gasteiger partial charge in [0.25, 0.3) is 0 Å². The molecule has 90 valence electrons. The Bertz CT molecular complexity index is 191. The number of aliphatic hydroxyl groups is 1. The van der Waals surface area contributed by atoms with Gasteiger partial charge in [-0.15, -0.1) is 0 Å². The summed E-state index contributed by atoms with van der Waals surface area (Å²) >= 11 is 0. The second-order valence-corrected chi connectivity index (χ2v) is 5.74. The number of hydrogen-bond acceptors (Lipinski definition) is 3. The molecule has 0 spiro atoms. The van der Waals surface area contributed by atoms with Crippen LogP contribution >= 0.6 is 0 Å². The molecule has 0 atom stereocenters. The molecule has 0 aromatic heterocycles. The molecule has 0 radical (unpaired) electrons. The van der Waals surface area contributed by atoms with Gasteiger partial charge in [0, 0.05) is 18.6 Å². The van der Waals surface area contributed by atoms with Crippen LogP contribution in [0.4, 0.5) is 0 Å². The molecule has 0 saturated heterocycles. The molecule has 3 nitrogen and oxygen atoms in total. The molecular formula is C12H26N2O. The van der Waals surface area contributed by atoms with Crippen LogP contribution in [0.3, 0.4) is 0 Å². The van der Waals surface area contributed by atoms with Crippen molar-refractivity contribution in [1.82, 2.24) is 10.2 Å². The van der Waals surface area contributed by atoms with E-state index in [9.17, 15) is 5.11 Å². The zero-order chi connectivity index (χ0) is 11.5. The van der Waals surface area contributed by atoms with Gasteiger partial charge in [0.15, 0.2) is 0 Å². The zero-order valence-corrected chi connectivity index (χ0v) is 10.6. The highest BCUT2D eigenvalue weighted by Crippen LogP contribution is 2.28. The number of hydrogen-bond donors (Lipinski definition) is 2. The van der Waals surface area contributed by atoms with Crippen LogP contribution in [0, 0.1) is 0 Å². The highest BCUT2D eigenvalue weighted by molar-refractivity contribution is 4.88. The maximum Gasteiger partial charge on any atom is 0.0771 e. The fraction of sp³-hybridized carbons (Fsp3) is 1.00. The third-order valence-electron chi connectivity index (χ3n) is 3.76. The van der Waals surface area contributed by atoms with E-state index in [1.165, 1.54) is 12.8 Å². The topological polar surface area (TPSA) is 35.5 Å². The minimum absolute atomic E-state index is 0.148. The average Bonchev–Trinajstić information content (AvgIpc) is 2.51. The fourth-order valence-electron chi connectivity index (χ4n) is 1.97. The Kier molecular flexibility index (Phi) is 4.15. The lowest BCUT2D eigenvalue weighted by atomic mass is 10.0. The quantitative estimate of drug-likeness (QED) is 0.722. The lowest BCUT2D eigenvalue weighted by Gasteiger charge is -2.34. The summed E-state index contributed by atoms with van der Waals surface area (Å²) in [6.07, 6.45) is 4.27. The second-order valence-electron chi connectivity index (χ2n) is 5.74. The predicted octanol–water partition coefficient (Wildman–Crippen LogP) is 1.22. The van der Waals surface area contributed by atoms with E-state index >= 15 is 0 Å². The fourth-order valence-corrected chi connectivity index (χ4v) is 1.97. The van der Waals surface area contributed by atoms with Gasteiger partial charge in [0.2, 0.25) is 0 Å². The molecule has 0 aromatic rings. The first-order valence-electron chi connectivity index (χ1n) is 5.96. The van der Waals surface area contributed by atoms with Crippen LogP contribution < -0.4 is 5.32 Å². The minimum Gasteiger partial charge on any atom is -0.389 e. The molecule has 0 bridgehead atoms.